The Morgan fingerprint density at radius 2 is 1.86 bits per heavy atom. The van der Waals surface area contributed by atoms with E-state index in [0.29, 0.717) is 22.2 Å². The Labute approximate surface area is 125 Å². The molecule has 0 radical (unpaired) electrons. The Bertz CT molecular complexity index is 1070. The maximum absolute atomic E-state index is 12.5. The zero-order chi connectivity index (χ0) is 16.0. The molecule has 0 spiro atoms. The standard InChI is InChI=1S/C15H17N5O2/c1-9(2)16-14-17-12-11(10-7-5-6-8-20(10)14)13(21)19(4)15(22)18(12)3/h5-9H,1-4H3. The second-order valence-electron chi connectivity index (χ2n) is 5.49. The molecule has 3 rings (SSSR count). The lowest BCUT2D eigenvalue weighted by molar-refractivity contribution is 0.698. The van der Waals surface area contributed by atoms with Crippen LogP contribution in [0.25, 0.3) is 16.6 Å². The topological polar surface area (TPSA) is 73.7 Å². The van der Waals surface area contributed by atoms with Crippen molar-refractivity contribution in [1.29, 1.82) is 0 Å². The lowest BCUT2D eigenvalue weighted by Crippen LogP contribution is -2.39. The molecule has 0 saturated heterocycles. The lowest BCUT2D eigenvalue weighted by atomic mass is 10.2. The quantitative estimate of drug-likeness (QED) is 0.602. The first-order valence-corrected chi connectivity index (χ1v) is 7.02. The molecule has 0 aromatic carbocycles. The summed E-state index contributed by atoms with van der Waals surface area (Å²) in [6.45, 7) is 3.90. The van der Waals surface area contributed by atoms with Gasteiger partial charge in [0.15, 0.2) is 5.65 Å². The van der Waals surface area contributed by atoms with Crippen LogP contribution in [0.2, 0.25) is 0 Å². The molecule has 3 aromatic rings. The Morgan fingerprint density at radius 3 is 2.55 bits per heavy atom. The smallest absolute Gasteiger partial charge is 0.285 e. The van der Waals surface area contributed by atoms with Gasteiger partial charge in [-0.25, -0.2) is 9.79 Å². The van der Waals surface area contributed by atoms with Gasteiger partial charge in [0.05, 0.1) is 5.52 Å². The minimum atomic E-state index is -0.402. The van der Waals surface area contributed by atoms with Crippen LogP contribution in [0.5, 0.6) is 0 Å². The summed E-state index contributed by atoms with van der Waals surface area (Å²) in [6, 6.07) is 5.57. The molecule has 0 aliphatic heterocycles. The highest BCUT2D eigenvalue weighted by Crippen LogP contribution is 2.10. The Morgan fingerprint density at radius 1 is 1.14 bits per heavy atom. The first-order valence-electron chi connectivity index (χ1n) is 7.02. The van der Waals surface area contributed by atoms with Crippen LogP contribution < -0.4 is 16.9 Å². The monoisotopic (exact) mass is 299 g/mol. The van der Waals surface area contributed by atoms with Gasteiger partial charge in [-0.15, -0.1) is 0 Å². The molecule has 0 saturated carbocycles. The summed E-state index contributed by atoms with van der Waals surface area (Å²) in [7, 11) is 3.08. The minimum Gasteiger partial charge on any atom is -0.285 e. The lowest BCUT2D eigenvalue weighted by Gasteiger charge is -2.10. The van der Waals surface area contributed by atoms with Crippen LogP contribution in [0.15, 0.2) is 39.0 Å². The van der Waals surface area contributed by atoms with Crippen molar-refractivity contribution in [2.75, 3.05) is 0 Å². The van der Waals surface area contributed by atoms with E-state index in [0.717, 1.165) is 4.57 Å². The van der Waals surface area contributed by atoms with Gasteiger partial charge in [0.25, 0.3) is 5.56 Å². The first-order chi connectivity index (χ1) is 10.4. The van der Waals surface area contributed by atoms with E-state index in [-0.39, 0.29) is 11.6 Å². The zero-order valence-electron chi connectivity index (χ0n) is 12.9. The highest BCUT2D eigenvalue weighted by molar-refractivity contribution is 5.90. The third-order valence-electron chi connectivity index (χ3n) is 3.54. The third kappa shape index (κ3) is 1.97. The SMILES string of the molecule is CC(C)N=c1nc2c(c(=O)n(C)c(=O)n2C)c2ccccn12. The highest BCUT2D eigenvalue weighted by Gasteiger charge is 2.14. The molecule has 3 aromatic heterocycles. The van der Waals surface area contributed by atoms with Crippen LogP contribution in [0.1, 0.15) is 13.8 Å². The van der Waals surface area contributed by atoms with Crippen LogP contribution in [0.4, 0.5) is 0 Å². The van der Waals surface area contributed by atoms with Crippen LogP contribution in [0.3, 0.4) is 0 Å². The van der Waals surface area contributed by atoms with Gasteiger partial charge in [-0.2, -0.15) is 4.98 Å². The number of pyridine rings is 1. The predicted octanol–water partition coefficient (Wildman–Crippen LogP) is 0.194. The van der Waals surface area contributed by atoms with Gasteiger partial charge in [-0.05, 0) is 26.0 Å². The number of hydrogen-bond donors (Lipinski definition) is 0. The second kappa shape index (κ2) is 4.94. The van der Waals surface area contributed by atoms with E-state index in [1.54, 1.807) is 11.4 Å². The number of aryl methyl sites for hydroxylation is 1. The number of hydrogen-bond acceptors (Lipinski definition) is 4. The average Bonchev–Trinajstić information content (AvgIpc) is 2.50. The number of fused-ring (bicyclic) bond motifs is 3. The fourth-order valence-electron chi connectivity index (χ4n) is 2.48. The Hall–Kier alpha value is -2.70. The predicted molar refractivity (Wildman–Crippen MR) is 83.9 cm³/mol. The van der Waals surface area contributed by atoms with Gasteiger partial charge in [0.1, 0.15) is 5.39 Å². The van der Waals surface area contributed by atoms with Crippen molar-refractivity contribution in [3.63, 3.8) is 0 Å². The number of aromatic nitrogens is 4. The van der Waals surface area contributed by atoms with Gasteiger partial charge < -0.3 is 0 Å². The molecule has 0 amide bonds. The van der Waals surface area contributed by atoms with Gasteiger partial charge in [-0.1, -0.05) is 6.07 Å². The molecule has 7 nitrogen and oxygen atoms in total. The third-order valence-corrected chi connectivity index (χ3v) is 3.54. The Balaban J connectivity index is 2.74. The highest BCUT2D eigenvalue weighted by atomic mass is 16.2. The largest absolute Gasteiger partial charge is 0.332 e. The summed E-state index contributed by atoms with van der Waals surface area (Å²) in [5, 5.41) is 0.410. The van der Waals surface area contributed by atoms with E-state index in [9.17, 15) is 9.59 Å². The van der Waals surface area contributed by atoms with E-state index in [4.69, 9.17) is 0 Å². The molecule has 0 fully saturated rings. The summed E-state index contributed by atoms with van der Waals surface area (Å²) in [5.41, 5.74) is 0.745. The summed E-state index contributed by atoms with van der Waals surface area (Å²) in [4.78, 5) is 33.6. The van der Waals surface area contributed by atoms with Crippen molar-refractivity contribution >= 4 is 16.6 Å². The molecule has 0 bridgehead atoms. The molecular formula is C15H17N5O2. The van der Waals surface area contributed by atoms with E-state index in [1.165, 1.54) is 11.6 Å². The van der Waals surface area contributed by atoms with Crippen molar-refractivity contribution in [3.8, 4) is 0 Å². The molecular weight excluding hydrogens is 282 g/mol. The second-order valence-corrected chi connectivity index (χ2v) is 5.49. The first kappa shape index (κ1) is 14.2. The van der Waals surface area contributed by atoms with Crippen molar-refractivity contribution in [1.82, 2.24) is 18.5 Å². The van der Waals surface area contributed by atoms with E-state index < -0.39 is 5.69 Å². The zero-order valence-corrected chi connectivity index (χ0v) is 12.9. The van der Waals surface area contributed by atoms with Crippen LogP contribution in [-0.4, -0.2) is 24.6 Å². The summed E-state index contributed by atoms with van der Waals surface area (Å²) >= 11 is 0. The van der Waals surface area contributed by atoms with Gasteiger partial charge in [0, 0.05) is 26.3 Å². The van der Waals surface area contributed by atoms with Crippen molar-refractivity contribution in [3.05, 3.63) is 50.9 Å². The summed E-state index contributed by atoms with van der Waals surface area (Å²) < 4.78 is 4.24. The average molecular weight is 299 g/mol. The van der Waals surface area contributed by atoms with Gasteiger partial charge >= 0.3 is 5.69 Å². The molecule has 3 heterocycles. The van der Waals surface area contributed by atoms with Crippen molar-refractivity contribution in [2.45, 2.75) is 19.9 Å². The van der Waals surface area contributed by atoms with E-state index in [1.807, 2.05) is 38.2 Å². The number of rotatable bonds is 1. The fraction of sp³-hybridized carbons (Fsp3) is 0.333. The molecule has 0 aliphatic carbocycles. The molecule has 0 aliphatic rings. The van der Waals surface area contributed by atoms with Gasteiger partial charge in [-0.3, -0.25) is 18.3 Å². The maximum Gasteiger partial charge on any atom is 0.332 e. The fourth-order valence-corrected chi connectivity index (χ4v) is 2.48. The molecule has 0 atom stereocenters. The molecule has 7 heteroatoms. The normalized spacial score (nSPS) is 12.7. The van der Waals surface area contributed by atoms with Crippen LogP contribution >= 0.6 is 0 Å². The van der Waals surface area contributed by atoms with Gasteiger partial charge in [0.2, 0.25) is 5.62 Å². The van der Waals surface area contributed by atoms with Crippen molar-refractivity contribution < 1.29 is 0 Å². The number of nitrogens with zero attached hydrogens (tertiary/aromatic N) is 5. The molecule has 22 heavy (non-hydrogen) atoms. The molecule has 114 valence electrons. The minimum absolute atomic E-state index is 0.0458. The van der Waals surface area contributed by atoms with E-state index in [2.05, 4.69) is 9.98 Å². The van der Waals surface area contributed by atoms with Crippen LogP contribution in [-0.2, 0) is 14.1 Å². The van der Waals surface area contributed by atoms with E-state index >= 15 is 0 Å². The molecule has 0 N–H and O–H groups in total. The summed E-state index contributed by atoms with van der Waals surface area (Å²) in [5.74, 6) is 0. The maximum atomic E-state index is 12.5. The van der Waals surface area contributed by atoms with Crippen molar-refractivity contribution in [2.24, 2.45) is 19.1 Å². The molecule has 0 unspecified atom stereocenters. The van der Waals surface area contributed by atoms with Crippen LogP contribution in [0, 0.1) is 0 Å². The Kier molecular flexibility index (Phi) is 3.20. The summed E-state index contributed by atoms with van der Waals surface area (Å²) in [6.07, 6.45) is 1.81.